The summed E-state index contributed by atoms with van der Waals surface area (Å²) in [4.78, 5) is 0. The second-order valence-corrected chi connectivity index (χ2v) is 5.14. The number of thiol groups is 1. The van der Waals surface area contributed by atoms with Crippen molar-refractivity contribution < 1.29 is 9.47 Å². The van der Waals surface area contributed by atoms with Crippen LogP contribution in [0.1, 0.15) is 0 Å². The average molecular weight is 368 g/mol. The van der Waals surface area contributed by atoms with E-state index in [0.29, 0.717) is 12.4 Å². The fourth-order valence-corrected chi connectivity index (χ4v) is 2.02. The van der Waals surface area contributed by atoms with Crippen LogP contribution in [0.4, 0.5) is 0 Å². The highest BCUT2D eigenvalue weighted by Gasteiger charge is 2.08. The number of benzene rings is 1. The lowest BCUT2D eigenvalue weighted by atomic mass is 10.3. The summed E-state index contributed by atoms with van der Waals surface area (Å²) in [6.07, 6.45) is 0. The molecule has 88 valence electrons. The van der Waals surface area contributed by atoms with Crippen LogP contribution < -0.4 is 9.47 Å². The van der Waals surface area contributed by atoms with Crippen LogP contribution in [0, 0.1) is 0 Å². The monoisotopic (exact) mass is 366 g/mol. The maximum atomic E-state index is 5.59. The van der Waals surface area contributed by atoms with Gasteiger partial charge in [0.2, 0.25) is 0 Å². The minimum Gasteiger partial charge on any atom is -0.496 e. The first kappa shape index (κ1) is 13.9. The number of rotatable bonds is 5. The van der Waals surface area contributed by atoms with Gasteiger partial charge in [-0.15, -0.1) is 0 Å². The number of methoxy groups -OCH3 is 1. The zero-order valence-electron chi connectivity index (χ0n) is 8.80. The van der Waals surface area contributed by atoms with Crippen LogP contribution in [-0.4, -0.2) is 19.5 Å². The topological polar surface area (TPSA) is 18.5 Å². The Hall–Kier alpha value is -0.130. The summed E-state index contributed by atoms with van der Waals surface area (Å²) < 4.78 is 12.5. The molecule has 0 unspecified atom stereocenters. The third kappa shape index (κ3) is 3.71. The quantitative estimate of drug-likeness (QED) is 0.624. The van der Waals surface area contributed by atoms with E-state index >= 15 is 0 Å². The predicted molar refractivity (Wildman–Crippen MR) is 76.9 cm³/mol. The second kappa shape index (κ2) is 6.57. The molecule has 0 radical (unpaired) electrons. The summed E-state index contributed by atoms with van der Waals surface area (Å²) in [5.74, 6) is 2.12. The van der Waals surface area contributed by atoms with Gasteiger partial charge in [-0.3, -0.25) is 0 Å². The van der Waals surface area contributed by atoms with E-state index in [-0.39, 0.29) is 0 Å². The molecule has 0 saturated heterocycles. The van der Waals surface area contributed by atoms with Gasteiger partial charge in [0, 0.05) is 5.75 Å². The molecule has 0 fully saturated rings. The van der Waals surface area contributed by atoms with Gasteiger partial charge in [0.15, 0.2) is 0 Å². The van der Waals surface area contributed by atoms with Gasteiger partial charge < -0.3 is 9.47 Å². The molecular formula is C11H12Br2O2S. The lowest BCUT2D eigenvalue weighted by Gasteiger charge is -2.11. The standard InChI is InChI=1S/C11H12Br2O2S/c1-7(6-16)5-15-11-4-8(12)10(14-2)3-9(11)13/h3-4,16H,1,5-6H2,2H3. The molecule has 16 heavy (non-hydrogen) atoms. The van der Waals surface area contributed by atoms with Gasteiger partial charge in [0.1, 0.15) is 18.1 Å². The van der Waals surface area contributed by atoms with Gasteiger partial charge in [-0.1, -0.05) is 6.58 Å². The van der Waals surface area contributed by atoms with Gasteiger partial charge in [-0.25, -0.2) is 0 Å². The first-order valence-corrected chi connectivity index (χ1v) is 6.73. The Balaban J connectivity index is 2.81. The van der Waals surface area contributed by atoms with Crippen molar-refractivity contribution in [3.8, 4) is 11.5 Å². The van der Waals surface area contributed by atoms with Gasteiger partial charge in [-0.2, -0.15) is 12.6 Å². The van der Waals surface area contributed by atoms with E-state index in [2.05, 4.69) is 51.1 Å². The Morgan fingerprint density at radius 1 is 1.31 bits per heavy atom. The van der Waals surface area contributed by atoms with Crippen molar-refractivity contribution in [1.29, 1.82) is 0 Å². The lowest BCUT2D eigenvalue weighted by molar-refractivity contribution is 0.349. The summed E-state index contributed by atoms with van der Waals surface area (Å²) in [6.45, 7) is 4.28. The molecule has 1 aromatic rings. The second-order valence-electron chi connectivity index (χ2n) is 3.11. The van der Waals surface area contributed by atoms with Crippen molar-refractivity contribution >= 4 is 44.5 Å². The van der Waals surface area contributed by atoms with E-state index in [1.54, 1.807) is 7.11 Å². The maximum Gasteiger partial charge on any atom is 0.135 e. The van der Waals surface area contributed by atoms with Gasteiger partial charge in [-0.05, 0) is 49.6 Å². The minimum absolute atomic E-state index is 0.459. The van der Waals surface area contributed by atoms with Gasteiger partial charge in [0.25, 0.3) is 0 Å². The molecule has 0 saturated carbocycles. The van der Waals surface area contributed by atoms with Crippen molar-refractivity contribution in [2.45, 2.75) is 0 Å². The fraction of sp³-hybridized carbons (Fsp3) is 0.273. The summed E-state index contributed by atoms with van der Waals surface area (Å²) >= 11 is 10.9. The van der Waals surface area contributed by atoms with Crippen LogP contribution in [0.5, 0.6) is 11.5 Å². The molecule has 0 atom stereocenters. The molecule has 0 heterocycles. The van der Waals surface area contributed by atoms with E-state index in [1.165, 1.54) is 0 Å². The number of halogens is 2. The largest absolute Gasteiger partial charge is 0.496 e. The first-order chi connectivity index (χ1) is 7.58. The molecule has 5 heteroatoms. The number of hydrogen-bond acceptors (Lipinski definition) is 3. The third-order valence-electron chi connectivity index (χ3n) is 1.86. The molecule has 0 spiro atoms. The highest BCUT2D eigenvalue weighted by Crippen LogP contribution is 2.36. The van der Waals surface area contributed by atoms with Gasteiger partial charge in [0.05, 0.1) is 16.1 Å². The molecule has 0 N–H and O–H groups in total. The normalized spacial score (nSPS) is 10.0. The van der Waals surface area contributed by atoms with E-state index < -0.39 is 0 Å². The molecule has 0 bridgehead atoms. The van der Waals surface area contributed by atoms with E-state index in [1.807, 2.05) is 12.1 Å². The zero-order chi connectivity index (χ0) is 12.1. The van der Waals surface area contributed by atoms with Crippen LogP contribution in [0.15, 0.2) is 33.2 Å². The first-order valence-electron chi connectivity index (χ1n) is 4.51. The summed E-state index contributed by atoms with van der Waals surface area (Å²) in [5.41, 5.74) is 0.933. The molecular weight excluding hydrogens is 356 g/mol. The number of hydrogen-bond donors (Lipinski definition) is 1. The van der Waals surface area contributed by atoms with Crippen LogP contribution in [-0.2, 0) is 0 Å². The van der Waals surface area contributed by atoms with Crippen LogP contribution >= 0.6 is 44.5 Å². The fourth-order valence-electron chi connectivity index (χ4n) is 1.00. The maximum absolute atomic E-state index is 5.59. The van der Waals surface area contributed by atoms with Crippen molar-refractivity contribution in [2.24, 2.45) is 0 Å². The Morgan fingerprint density at radius 2 is 1.88 bits per heavy atom. The Labute approximate surface area is 118 Å². The molecule has 0 aromatic heterocycles. The highest BCUT2D eigenvalue weighted by atomic mass is 79.9. The van der Waals surface area contributed by atoms with Crippen molar-refractivity contribution in [2.75, 3.05) is 19.5 Å². The lowest BCUT2D eigenvalue weighted by Crippen LogP contribution is -2.02. The van der Waals surface area contributed by atoms with E-state index in [9.17, 15) is 0 Å². The Kier molecular flexibility index (Phi) is 5.72. The smallest absolute Gasteiger partial charge is 0.135 e. The molecule has 0 aliphatic rings. The minimum atomic E-state index is 0.459. The highest BCUT2D eigenvalue weighted by molar-refractivity contribution is 9.11. The zero-order valence-corrected chi connectivity index (χ0v) is 12.9. The van der Waals surface area contributed by atoms with Gasteiger partial charge >= 0.3 is 0 Å². The molecule has 0 aliphatic carbocycles. The van der Waals surface area contributed by atoms with Crippen molar-refractivity contribution in [3.63, 3.8) is 0 Å². The van der Waals surface area contributed by atoms with Crippen LogP contribution in [0.25, 0.3) is 0 Å². The Morgan fingerprint density at radius 3 is 2.44 bits per heavy atom. The molecule has 0 amide bonds. The molecule has 1 rings (SSSR count). The van der Waals surface area contributed by atoms with Crippen molar-refractivity contribution in [1.82, 2.24) is 0 Å². The van der Waals surface area contributed by atoms with E-state index in [0.717, 1.165) is 26.0 Å². The van der Waals surface area contributed by atoms with Crippen LogP contribution in [0.2, 0.25) is 0 Å². The van der Waals surface area contributed by atoms with Crippen molar-refractivity contribution in [3.05, 3.63) is 33.2 Å². The molecule has 0 aliphatic heterocycles. The SMILES string of the molecule is C=C(CS)COc1cc(Br)c(OC)cc1Br. The Bertz CT molecular complexity index is 394. The van der Waals surface area contributed by atoms with E-state index in [4.69, 9.17) is 9.47 Å². The summed E-state index contributed by atoms with van der Waals surface area (Å²) in [7, 11) is 1.62. The summed E-state index contributed by atoms with van der Waals surface area (Å²) in [5, 5.41) is 0. The summed E-state index contributed by atoms with van der Waals surface area (Å²) in [6, 6.07) is 3.71. The molecule has 1 aromatic carbocycles. The predicted octanol–water partition coefficient (Wildman–Crippen LogP) is 4.09. The average Bonchev–Trinajstić information content (AvgIpc) is 2.29. The third-order valence-corrected chi connectivity index (χ3v) is 3.55. The molecule has 2 nitrogen and oxygen atoms in total. The van der Waals surface area contributed by atoms with Crippen LogP contribution in [0.3, 0.4) is 0 Å². The number of ether oxygens (including phenoxy) is 2.